The number of nitrogens with one attached hydrogen (secondary N) is 3. The minimum atomic E-state index is -0.160. The molecule has 0 unspecified atom stereocenters. The van der Waals surface area contributed by atoms with Crippen LogP contribution in [0.5, 0.6) is 0 Å². The third-order valence-electron chi connectivity index (χ3n) is 4.94. The average Bonchev–Trinajstić information content (AvgIpc) is 3.22. The normalized spacial score (nSPS) is 19.2. The lowest BCUT2D eigenvalue weighted by Crippen LogP contribution is -2.26. The summed E-state index contributed by atoms with van der Waals surface area (Å²) in [5, 5.41) is 23.3. The highest BCUT2D eigenvalue weighted by molar-refractivity contribution is 7.13. The first-order valence-corrected chi connectivity index (χ1v) is 9.48. The molecule has 0 spiro atoms. The van der Waals surface area contributed by atoms with Crippen molar-refractivity contribution >= 4 is 17.2 Å². The molecule has 0 aromatic carbocycles. The van der Waals surface area contributed by atoms with Crippen molar-refractivity contribution in [3.05, 3.63) is 27.5 Å². The molecule has 0 atom stereocenters. The van der Waals surface area contributed by atoms with E-state index in [0.717, 1.165) is 42.3 Å². The van der Waals surface area contributed by atoms with Crippen molar-refractivity contribution in [2.75, 3.05) is 13.1 Å². The Morgan fingerprint density at radius 3 is 2.79 bits per heavy atom. The van der Waals surface area contributed by atoms with E-state index in [1.54, 1.807) is 0 Å². The molecular formula is C16H22N6OS. The molecule has 2 aromatic heterocycles. The molecule has 128 valence electrons. The number of nitrogens with zero attached hydrogens (tertiary/aromatic N) is 3. The highest BCUT2D eigenvalue weighted by Gasteiger charge is 2.23. The summed E-state index contributed by atoms with van der Waals surface area (Å²) in [4.78, 5) is 12.3. The summed E-state index contributed by atoms with van der Waals surface area (Å²) < 4.78 is 0. The Kier molecular flexibility index (Phi) is 4.57. The quantitative estimate of drug-likeness (QED) is 0.769. The second kappa shape index (κ2) is 6.98. The summed E-state index contributed by atoms with van der Waals surface area (Å²) in [6.45, 7) is 2.46. The Balaban J connectivity index is 1.32. The molecule has 24 heavy (non-hydrogen) atoms. The zero-order valence-corrected chi connectivity index (χ0v) is 14.4. The highest BCUT2D eigenvalue weighted by atomic mass is 32.1. The van der Waals surface area contributed by atoms with Crippen molar-refractivity contribution in [1.82, 2.24) is 31.0 Å². The summed E-state index contributed by atoms with van der Waals surface area (Å²) in [7, 11) is 0. The fraction of sp³-hybridized carbons (Fsp3) is 0.625. The standard InChI is InChI=1S/C16H22N6OS/c23-14(16-22-21-15(24-16)11-4-6-17-7-5-11)18-9-12-8-13(20-19-12)10-2-1-3-10/h8,10-11,17H,1-7,9H2,(H,18,23)(H,19,20). The van der Waals surface area contributed by atoms with E-state index in [2.05, 4.69) is 37.1 Å². The van der Waals surface area contributed by atoms with Crippen LogP contribution in [-0.4, -0.2) is 39.4 Å². The number of hydrogen-bond donors (Lipinski definition) is 3. The summed E-state index contributed by atoms with van der Waals surface area (Å²) in [5.41, 5.74) is 2.06. The molecule has 1 amide bonds. The van der Waals surface area contributed by atoms with Crippen molar-refractivity contribution in [3.63, 3.8) is 0 Å². The van der Waals surface area contributed by atoms with Crippen LogP contribution in [0.4, 0.5) is 0 Å². The van der Waals surface area contributed by atoms with Gasteiger partial charge in [-0.05, 0) is 44.8 Å². The molecule has 0 radical (unpaired) electrons. The molecule has 2 aliphatic rings. The van der Waals surface area contributed by atoms with Crippen molar-refractivity contribution in [2.24, 2.45) is 0 Å². The minimum absolute atomic E-state index is 0.160. The Morgan fingerprint density at radius 1 is 1.21 bits per heavy atom. The largest absolute Gasteiger partial charge is 0.344 e. The van der Waals surface area contributed by atoms with E-state index in [1.807, 2.05) is 0 Å². The topological polar surface area (TPSA) is 95.6 Å². The number of piperidine rings is 1. The van der Waals surface area contributed by atoms with Gasteiger partial charge in [0.05, 0.1) is 17.9 Å². The number of rotatable bonds is 5. The van der Waals surface area contributed by atoms with Crippen molar-refractivity contribution < 1.29 is 4.79 Å². The molecule has 2 fully saturated rings. The van der Waals surface area contributed by atoms with Crippen LogP contribution in [0.2, 0.25) is 0 Å². The average molecular weight is 346 g/mol. The van der Waals surface area contributed by atoms with Crippen molar-refractivity contribution in [3.8, 4) is 0 Å². The molecular weight excluding hydrogens is 324 g/mol. The molecule has 0 bridgehead atoms. The van der Waals surface area contributed by atoms with E-state index in [4.69, 9.17) is 0 Å². The molecule has 7 nitrogen and oxygen atoms in total. The van der Waals surface area contributed by atoms with Gasteiger partial charge >= 0.3 is 0 Å². The lowest BCUT2D eigenvalue weighted by molar-refractivity contribution is 0.0949. The molecule has 8 heteroatoms. The van der Waals surface area contributed by atoms with E-state index in [9.17, 15) is 4.79 Å². The molecule has 1 saturated heterocycles. The monoisotopic (exact) mass is 346 g/mol. The number of aromatic amines is 1. The van der Waals surface area contributed by atoms with Gasteiger partial charge in [-0.3, -0.25) is 9.89 Å². The van der Waals surface area contributed by atoms with Gasteiger partial charge in [-0.2, -0.15) is 5.10 Å². The number of carbonyl (C=O) groups is 1. The van der Waals surface area contributed by atoms with Gasteiger partial charge < -0.3 is 10.6 Å². The van der Waals surface area contributed by atoms with E-state index < -0.39 is 0 Å². The highest BCUT2D eigenvalue weighted by Crippen LogP contribution is 2.35. The Hall–Kier alpha value is -1.80. The van der Waals surface area contributed by atoms with Crippen molar-refractivity contribution in [1.29, 1.82) is 0 Å². The maximum atomic E-state index is 12.3. The maximum absolute atomic E-state index is 12.3. The first-order chi connectivity index (χ1) is 11.8. The number of carbonyl (C=O) groups excluding carboxylic acids is 1. The fourth-order valence-corrected chi connectivity index (χ4v) is 4.12. The Bertz CT molecular complexity index is 701. The maximum Gasteiger partial charge on any atom is 0.282 e. The number of amides is 1. The van der Waals surface area contributed by atoms with Crippen LogP contribution in [0, 0.1) is 0 Å². The number of H-pyrrole nitrogens is 1. The van der Waals surface area contributed by atoms with Gasteiger partial charge in [0.15, 0.2) is 0 Å². The molecule has 1 saturated carbocycles. The zero-order chi connectivity index (χ0) is 16.4. The first-order valence-electron chi connectivity index (χ1n) is 8.66. The number of hydrogen-bond acceptors (Lipinski definition) is 6. The van der Waals surface area contributed by atoms with Crippen LogP contribution in [-0.2, 0) is 6.54 Å². The number of aromatic nitrogens is 4. The zero-order valence-electron chi connectivity index (χ0n) is 13.5. The molecule has 2 aromatic rings. The van der Waals surface area contributed by atoms with Crippen LogP contribution in [0.1, 0.15) is 70.1 Å². The lowest BCUT2D eigenvalue weighted by atomic mass is 9.83. The van der Waals surface area contributed by atoms with Gasteiger partial charge in [0, 0.05) is 11.8 Å². The smallest absolute Gasteiger partial charge is 0.282 e. The van der Waals surface area contributed by atoms with Crippen LogP contribution < -0.4 is 10.6 Å². The Morgan fingerprint density at radius 2 is 2.04 bits per heavy atom. The summed E-state index contributed by atoms with van der Waals surface area (Å²) in [6, 6.07) is 2.06. The summed E-state index contributed by atoms with van der Waals surface area (Å²) in [6.07, 6.45) is 5.87. The van der Waals surface area contributed by atoms with Gasteiger partial charge in [-0.15, -0.1) is 10.2 Å². The molecule has 4 rings (SSSR count). The molecule has 3 N–H and O–H groups in total. The van der Waals surface area contributed by atoms with Gasteiger partial charge in [0.25, 0.3) is 5.91 Å². The summed E-state index contributed by atoms with van der Waals surface area (Å²) >= 11 is 1.42. The van der Waals surface area contributed by atoms with Gasteiger partial charge in [-0.25, -0.2) is 0 Å². The van der Waals surface area contributed by atoms with E-state index in [-0.39, 0.29) is 5.91 Å². The SMILES string of the molecule is O=C(NCc1cc(C2CCC2)n[nH]1)c1nnc(C2CCNCC2)s1. The Labute approximate surface area is 144 Å². The van der Waals surface area contributed by atoms with E-state index in [0.29, 0.717) is 23.4 Å². The molecule has 3 heterocycles. The van der Waals surface area contributed by atoms with Gasteiger partial charge in [-0.1, -0.05) is 17.8 Å². The van der Waals surface area contributed by atoms with Crippen LogP contribution >= 0.6 is 11.3 Å². The second-order valence-electron chi connectivity index (χ2n) is 6.60. The second-order valence-corrected chi connectivity index (χ2v) is 7.61. The summed E-state index contributed by atoms with van der Waals surface area (Å²) in [5.74, 6) is 0.872. The predicted molar refractivity (Wildman–Crippen MR) is 91.1 cm³/mol. The van der Waals surface area contributed by atoms with Crippen LogP contribution in [0.3, 0.4) is 0 Å². The fourth-order valence-electron chi connectivity index (χ4n) is 3.19. The van der Waals surface area contributed by atoms with Crippen LogP contribution in [0.25, 0.3) is 0 Å². The predicted octanol–water partition coefficient (Wildman–Crippen LogP) is 1.93. The van der Waals surface area contributed by atoms with E-state index >= 15 is 0 Å². The van der Waals surface area contributed by atoms with Crippen LogP contribution in [0.15, 0.2) is 6.07 Å². The lowest BCUT2D eigenvalue weighted by Gasteiger charge is -2.22. The van der Waals surface area contributed by atoms with Crippen molar-refractivity contribution in [2.45, 2.75) is 50.5 Å². The van der Waals surface area contributed by atoms with E-state index in [1.165, 1.54) is 30.6 Å². The first kappa shape index (κ1) is 15.7. The van der Waals surface area contributed by atoms with Gasteiger partial charge in [0.2, 0.25) is 5.01 Å². The third-order valence-corrected chi connectivity index (χ3v) is 6.02. The molecule has 1 aliphatic carbocycles. The van der Waals surface area contributed by atoms with Gasteiger partial charge in [0.1, 0.15) is 5.01 Å². The minimum Gasteiger partial charge on any atom is -0.344 e. The third kappa shape index (κ3) is 3.34. The molecule has 1 aliphatic heterocycles.